The smallest absolute Gasteiger partial charge is 0.345 e. The molecule has 0 aliphatic heterocycles. The van der Waals surface area contributed by atoms with Gasteiger partial charge in [-0.1, -0.05) is 24.3 Å². The van der Waals surface area contributed by atoms with Gasteiger partial charge < -0.3 is 14.5 Å². The Hall–Kier alpha value is -3.63. The van der Waals surface area contributed by atoms with Gasteiger partial charge in [0.2, 0.25) is 0 Å². The largest absolute Gasteiger partial charge is 0.495 e. The van der Waals surface area contributed by atoms with Crippen LogP contribution < -0.4 is 15.7 Å². The van der Waals surface area contributed by atoms with Crippen molar-refractivity contribution in [2.24, 2.45) is 0 Å². The van der Waals surface area contributed by atoms with Gasteiger partial charge in [0.15, 0.2) is 10.7 Å². The number of hydrogen-bond donors (Lipinski definition) is 1. The molecular weight excluding hydrogens is 362 g/mol. The van der Waals surface area contributed by atoms with E-state index in [0.29, 0.717) is 33.1 Å². The van der Waals surface area contributed by atoms with Gasteiger partial charge in [-0.25, -0.2) is 9.78 Å². The lowest BCUT2D eigenvalue weighted by Crippen LogP contribution is -2.03. The van der Waals surface area contributed by atoms with Gasteiger partial charge in [0.05, 0.1) is 29.6 Å². The van der Waals surface area contributed by atoms with Crippen molar-refractivity contribution in [3.63, 3.8) is 0 Å². The van der Waals surface area contributed by atoms with Gasteiger partial charge in [0.25, 0.3) is 0 Å². The van der Waals surface area contributed by atoms with Gasteiger partial charge in [-0.15, -0.1) is 11.3 Å². The van der Waals surface area contributed by atoms with Gasteiger partial charge in [0, 0.05) is 10.8 Å². The number of ether oxygens (including phenoxy) is 1. The van der Waals surface area contributed by atoms with Crippen molar-refractivity contribution in [1.29, 1.82) is 5.26 Å². The molecule has 27 heavy (non-hydrogen) atoms. The molecule has 0 saturated heterocycles. The summed E-state index contributed by atoms with van der Waals surface area (Å²) in [6.45, 7) is 0. The Kier molecular flexibility index (Phi) is 4.32. The predicted octanol–water partition coefficient (Wildman–Crippen LogP) is 4.54. The second-order valence-corrected chi connectivity index (χ2v) is 6.50. The first-order valence-corrected chi connectivity index (χ1v) is 8.90. The maximum absolute atomic E-state index is 12.4. The molecule has 6 nitrogen and oxygen atoms in total. The van der Waals surface area contributed by atoms with Crippen LogP contribution in [0.15, 0.2) is 63.1 Å². The molecule has 0 fully saturated rings. The average Bonchev–Trinajstić information content (AvgIpc) is 3.15. The number of nitrogens with zero attached hydrogens (tertiary/aromatic N) is 2. The van der Waals surface area contributed by atoms with E-state index in [1.807, 2.05) is 30.3 Å². The van der Waals surface area contributed by atoms with Crippen molar-refractivity contribution in [3.8, 4) is 23.1 Å². The molecule has 0 bridgehead atoms. The third-order valence-electron chi connectivity index (χ3n) is 4.01. The Morgan fingerprint density at radius 2 is 2.07 bits per heavy atom. The first-order valence-electron chi connectivity index (χ1n) is 8.02. The van der Waals surface area contributed by atoms with Crippen LogP contribution in [0, 0.1) is 11.3 Å². The van der Waals surface area contributed by atoms with Crippen molar-refractivity contribution in [3.05, 3.63) is 69.9 Å². The number of methoxy groups -OCH3 is 1. The Morgan fingerprint density at radius 3 is 2.89 bits per heavy atom. The van der Waals surface area contributed by atoms with E-state index in [9.17, 15) is 4.79 Å². The minimum absolute atomic E-state index is 0.288. The molecule has 0 radical (unpaired) electrons. The second-order valence-electron chi connectivity index (χ2n) is 5.65. The van der Waals surface area contributed by atoms with Crippen LogP contribution in [-0.2, 0) is 0 Å². The molecule has 4 aromatic rings. The number of hydrogen-bond acceptors (Lipinski definition) is 7. The van der Waals surface area contributed by atoms with E-state index in [1.165, 1.54) is 11.3 Å². The standard InChI is InChI=1S/C20H13N3O3S/c1-25-17-8-3-2-7-15(17)22-20-23-16(11-27-20)14-9-12-5-4-6-13(10-21)18(12)26-19(14)24/h2-9,11H,1H3,(H,22,23). The highest BCUT2D eigenvalue weighted by molar-refractivity contribution is 7.14. The summed E-state index contributed by atoms with van der Waals surface area (Å²) in [6, 6.07) is 16.4. The number of nitriles is 1. The highest BCUT2D eigenvalue weighted by Gasteiger charge is 2.14. The highest BCUT2D eigenvalue weighted by Crippen LogP contribution is 2.31. The van der Waals surface area contributed by atoms with E-state index in [0.717, 1.165) is 5.69 Å². The lowest BCUT2D eigenvalue weighted by molar-refractivity contribution is 0.417. The van der Waals surface area contributed by atoms with Crippen LogP contribution in [0.3, 0.4) is 0 Å². The van der Waals surface area contributed by atoms with Crippen molar-refractivity contribution in [2.45, 2.75) is 0 Å². The van der Waals surface area contributed by atoms with Crippen LogP contribution in [0.1, 0.15) is 5.56 Å². The first kappa shape index (κ1) is 16.8. The zero-order chi connectivity index (χ0) is 18.8. The predicted molar refractivity (Wildman–Crippen MR) is 105 cm³/mol. The molecule has 132 valence electrons. The lowest BCUT2D eigenvalue weighted by atomic mass is 10.1. The first-order chi connectivity index (χ1) is 13.2. The zero-order valence-corrected chi connectivity index (χ0v) is 15.0. The van der Waals surface area contributed by atoms with Crippen molar-refractivity contribution < 1.29 is 9.15 Å². The van der Waals surface area contributed by atoms with Crippen LogP contribution >= 0.6 is 11.3 Å². The van der Waals surface area contributed by atoms with Crippen molar-refractivity contribution in [2.75, 3.05) is 12.4 Å². The summed E-state index contributed by atoms with van der Waals surface area (Å²) in [6.07, 6.45) is 0. The maximum Gasteiger partial charge on any atom is 0.345 e. The van der Waals surface area contributed by atoms with Crippen LogP contribution in [0.2, 0.25) is 0 Å². The normalized spacial score (nSPS) is 10.5. The van der Waals surface area contributed by atoms with Gasteiger partial charge in [0.1, 0.15) is 11.8 Å². The minimum atomic E-state index is -0.528. The van der Waals surface area contributed by atoms with Gasteiger partial charge in [-0.3, -0.25) is 0 Å². The molecular formula is C20H13N3O3S. The molecule has 0 spiro atoms. The quantitative estimate of drug-likeness (QED) is 0.527. The molecule has 0 amide bonds. The van der Waals surface area contributed by atoms with E-state index in [-0.39, 0.29) is 5.58 Å². The van der Waals surface area contributed by atoms with Crippen LogP contribution in [-0.4, -0.2) is 12.1 Å². The summed E-state index contributed by atoms with van der Waals surface area (Å²) in [5, 5.41) is 15.4. The number of nitrogens with one attached hydrogen (secondary N) is 1. The van der Waals surface area contributed by atoms with Crippen LogP contribution in [0.5, 0.6) is 5.75 Å². The Labute approximate surface area is 158 Å². The molecule has 0 unspecified atom stereocenters. The molecule has 2 aromatic carbocycles. The molecule has 0 saturated carbocycles. The Morgan fingerprint density at radius 1 is 1.22 bits per heavy atom. The minimum Gasteiger partial charge on any atom is -0.495 e. The van der Waals surface area contributed by atoms with Gasteiger partial charge in [-0.2, -0.15) is 5.26 Å². The van der Waals surface area contributed by atoms with Crippen molar-refractivity contribution in [1.82, 2.24) is 4.98 Å². The van der Waals surface area contributed by atoms with E-state index in [2.05, 4.69) is 10.3 Å². The molecule has 4 rings (SSSR count). The molecule has 7 heteroatoms. The van der Waals surface area contributed by atoms with E-state index >= 15 is 0 Å². The van der Waals surface area contributed by atoms with Crippen LogP contribution in [0.25, 0.3) is 22.2 Å². The number of thiazole rings is 1. The fraction of sp³-hybridized carbons (Fsp3) is 0.0500. The molecule has 1 N–H and O–H groups in total. The molecule has 0 aliphatic rings. The van der Waals surface area contributed by atoms with Gasteiger partial charge >= 0.3 is 5.63 Å². The zero-order valence-electron chi connectivity index (χ0n) is 14.2. The maximum atomic E-state index is 12.4. The number of anilines is 2. The molecule has 0 aliphatic carbocycles. The van der Waals surface area contributed by atoms with E-state index in [4.69, 9.17) is 14.4 Å². The van der Waals surface area contributed by atoms with Crippen LogP contribution in [0.4, 0.5) is 10.8 Å². The number of para-hydroxylation sites is 3. The monoisotopic (exact) mass is 375 g/mol. The molecule has 2 heterocycles. The SMILES string of the molecule is COc1ccccc1Nc1nc(-c2cc3cccc(C#N)c3oc2=O)cs1. The summed E-state index contributed by atoms with van der Waals surface area (Å²) >= 11 is 1.37. The average molecular weight is 375 g/mol. The van der Waals surface area contributed by atoms with E-state index in [1.54, 1.807) is 36.8 Å². The number of benzene rings is 2. The number of rotatable bonds is 4. The Balaban J connectivity index is 1.72. The summed E-state index contributed by atoms with van der Waals surface area (Å²) < 4.78 is 10.7. The fourth-order valence-electron chi connectivity index (χ4n) is 2.73. The topological polar surface area (TPSA) is 88.2 Å². The number of aromatic nitrogens is 1. The third-order valence-corrected chi connectivity index (χ3v) is 4.77. The fourth-order valence-corrected chi connectivity index (χ4v) is 3.45. The number of fused-ring (bicyclic) bond motifs is 1. The summed E-state index contributed by atoms with van der Waals surface area (Å²) in [5.74, 6) is 0.698. The molecule has 2 aromatic heterocycles. The van der Waals surface area contributed by atoms with E-state index < -0.39 is 5.63 Å². The van der Waals surface area contributed by atoms with Crippen molar-refractivity contribution >= 4 is 33.1 Å². The third kappa shape index (κ3) is 3.14. The second kappa shape index (κ2) is 6.94. The van der Waals surface area contributed by atoms with Gasteiger partial charge in [-0.05, 0) is 24.3 Å². The summed E-state index contributed by atoms with van der Waals surface area (Å²) in [5.41, 5.74) is 1.73. The highest BCUT2D eigenvalue weighted by atomic mass is 32.1. The summed E-state index contributed by atoms with van der Waals surface area (Å²) in [7, 11) is 1.60. The lowest BCUT2D eigenvalue weighted by Gasteiger charge is -2.08. The molecule has 0 atom stereocenters. The summed E-state index contributed by atoms with van der Waals surface area (Å²) in [4.78, 5) is 16.9. The Bertz CT molecular complexity index is 1240.